The molecule has 2 heterocycles. The van der Waals surface area contributed by atoms with Crippen LogP contribution in [0.5, 0.6) is 11.5 Å². The molecule has 146 valence electrons. The number of aromatic nitrogens is 3. The van der Waals surface area contributed by atoms with Gasteiger partial charge in [0.2, 0.25) is 0 Å². The van der Waals surface area contributed by atoms with Gasteiger partial charge in [0.15, 0.2) is 16.3 Å². The fourth-order valence-electron chi connectivity index (χ4n) is 3.84. The van der Waals surface area contributed by atoms with Crippen LogP contribution in [0.2, 0.25) is 0 Å². The van der Waals surface area contributed by atoms with E-state index in [9.17, 15) is 0 Å². The van der Waals surface area contributed by atoms with Crippen molar-refractivity contribution in [2.75, 3.05) is 19.8 Å². The standard InChI is InChI=1S/C20H28N4O2S/c1-4-25-18-10-15-8-9-22(12-16(15)11-19(18)26-5-2)13-23-20(27)24(14(3)21-23)17-6-7-17/h10-11,17H,4-9,12-13H2,1-3H3. The summed E-state index contributed by atoms with van der Waals surface area (Å²) in [6, 6.07) is 4.86. The molecule has 0 bridgehead atoms. The largest absolute Gasteiger partial charge is 0.490 e. The Labute approximate surface area is 165 Å². The Bertz CT molecular complexity index is 885. The van der Waals surface area contributed by atoms with Gasteiger partial charge < -0.3 is 14.0 Å². The predicted octanol–water partition coefficient (Wildman–Crippen LogP) is 3.87. The van der Waals surface area contributed by atoms with Gasteiger partial charge in [-0.05, 0) is 75.5 Å². The fraction of sp³-hybridized carbons (Fsp3) is 0.600. The molecule has 7 heteroatoms. The zero-order valence-corrected chi connectivity index (χ0v) is 17.2. The molecule has 0 N–H and O–H groups in total. The maximum atomic E-state index is 5.80. The number of aryl methyl sites for hydroxylation is 1. The highest BCUT2D eigenvalue weighted by atomic mass is 32.1. The van der Waals surface area contributed by atoms with Crippen molar-refractivity contribution in [3.63, 3.8) is 0 Å². The first-order valence-corrected chi connectivity index (χ1v) is 10.3. The molecule has 1 aliphatic heterocycles. The molecule has 2 aliphatic rings. The Balaban J connectivity index is 1.53. The van der Waals surface area contributed by atoms with Crippen LogP contribution >= 0.6 is 12.2 Å². The van der Waals surface area contributed by atoms with Crippen molar-refractivity contribution in [2.24, 2.45) is 0 Å². The number of ether oxygens (including phenoxy) is 2. The van der Waals surface area contributed by atoms with E-state index in [1.165, 1.54) is 24.0 Å². The van der Waals surface area contributed by atoms with E-state index in [-0.39, 0.29) is 0 Å². The second-order valence-corrected chi connectivity index (χ2v) is 7.67. The summed E-state index contributed by atoms with van der Waals surface area (Å²) in [4.78, 5) is 2.40. The zero-order chi connectivity index (χ0) is 19.0. The molecule has 0 amide bonds. The van der Waals surface area contributed by atoms with E-state index in [1.54, 1.807) is 0 Å². The third-order valence-corrected chi connectivity index (χ3v) is 5.65. The molecule has 1 aliphatic carbocycles. The Hall–Kier alpha value is -1.86. The highest BCUT2D eigenvalue weighted by Gasteiger charge is 2.28. The second-order valence-electron chi connectivity index (χ2n) is 7.31. The molecule has 1 aromatic heterocycles. The van der Waals surface area contributed by atoms with Crippen molar-refractivity contribution in [1.29, 1.82) is 0 Å². The maximum Gasteiger partial charge on any atom is 0.199 e. The molecule has 27 heavy (non-hydrogen) atoms. The summed E-state index contributed by atoms with van der Waals surface area (Å²) in [5.74, 6) is 2.72. The summed E-state index contributed by atoms with van der Waals surface area (Å²) in [5.41, 5.74) is 2.65. The first kappa shape index (κ1) is 18.5. The minimum absolute atomic E-state index is 0.569. The van der Waals surface area contributed by atoms with E-state index in [1.807, 2.05) is 18.5 Å². The Morgan fingerprint density at radius 1 is 1.11 bits per heavy atom. The van der Waals surface area contributed by atoms with E-state index >= 15 is 0 Å². The molecule has 0 radical (unpaired) electrons. The third kappa shape index (κ3) is 3.75. The molecule has 2 aromatic rings. The number of nitrogens with zero attached hydrogens (tertiary/aromatic N) is 4. The van der Waals surface area contributed by atoms with Crippen LogP contribution in [0, 0.1) is 11.7 Å². The molecular weight excluding hydrogens is 360 g/mol. The summed E-state index contributed by atoms with van der Waals surface area (Å²) in [7, 11) is 0. The van der Waals surface area contributed by atoms with E-state index in [4.69, 9.17) is 26.8 Å². The Morgan fingerprint density at radius 3 is 2.41 bits per heavy atom. The van der Waals surface area contributed by atoms with Crippen molar-refractivity contribution in [1.82, 2.24) is 19.2 Å². The van der Waals surface area contributed by atoms with Crippen molar-refractivity contribution < 1.29 is 9.47 Å². The lowest BCUT2D eigenvalue weighted by atomic mass is 9.99. The smallest absolute Gasteiger partial charge is 0.199 e. The highest BCUT2D eigenvalue weighted by Crippen LogP contribution is 2.36. The minimum atomic E-state index is 0.569. The normalized spacial score (nSPS) is 17.0. The number of fused-ring (bicyclic) bond motifs is 1. The number of benzene rings is 1. The van der Waals surface area contributed by atoms with Gasteiger partial charge in [0.25, 0.3) is 0 Å². The van der Waals surface area contributed by atoms with Crippen LogP contribution in [0.25, 0.3) is 0 Å². The lowest BCUT2D eigenvalue weighted by Crippen LogP contribution is -2.33. The second kappa shape index (κ2) is 7.64. The molecule has 0 spiro atoms. The van der Waals surface area contributed by atoms with Crippen LogP contribution < -0.4 is 9.47 Å². The topological polar surface area (TPSA) is 44.5 Å². The first-order chi connectivity index (χ1) is 13.1. The van der Waals surface area contributed by atoms with E-state index < -0.39 is 0 Å². The summed E-state index contributed by atoms with van der Waals surface area (Å²) in [6.07, 6.45) is 3.44. The molecule has 4 rings (SSSR count). The molecule has 0 atom stereocenters. The number of hydrogen-bond acceptors (Lipinski definition) is 5. The molecular formula is C20H28N4O2S. The van der Waals surface area contributed by atoms with E-state index in [0.29, 0.717) is 19.3 Å². The van der Waals surface area contributed by atoms with Crippen LogP contribution in [0.15, 0.2) is 12.1 Å². The van der Waals surface area contributed by atoms with Gasteiger partial charge in [-0.1, -0.05) is 0 Å². The van der Waals surface area contributed by atoms with Crippen LogP contribution in [-0.4, -0.2) is 39.0 Å². The molecule has 1 aromatic carbocycles. The fourth-order valence-corrected chi connectivity index (χ4v) is 4.22. The van der Waals surface area contributed by atoms with Gasteiger partial charge in [-0.15, -0.1) is 0 Å². The SMILES string of the molecule is CCOc1cc2c(cc1OCC)CN(Cn1nc(C)n(C3CC3)c1=S)CC2. The van der Waals surface area contributed by atoms with Gasteiger partial charge in [-0.3, -0.25) is 4.90 Å². The van der Waals surface area contributed by atoms with Crippen LogP contribution in [0.1, 0.15) is 49.7 Å². The van der Waals surface area contributed by atoms with Crippen LogP contribution in [0.3, 0.4) is 0 Å². The van der Waals surface area contributed by atoms with Crippen molar-refractivity contribution in [3.05, 3.63) is 33.9 Å². The summed E-state index contributed by atoms with van der Waals surface area (Å²) >= 11 is 5.68. The lowest BCUT2D eigenvalue weighted by molar-refractivity contribution is 0.186. The maximum absolute atomic E-state index is 5.80. The Kier molecular flexibility index (Phi) is 5.23. The minimum Gasteiger partial charge on any atom is -0.490 e. The quantitative estimate of drug-likeness (QED) is 0.674. The highest BCUT2D eigenvalue weighted by molar-refractivity contribution is 7.71. The van der Waals surface area contributed by atoms with Crippen molar-refractivity contribution in [3.8, 4) is 11.5 Å². The van der Waals surface area contributed by atoms with Gasteiger partial charge in [-0.25, -0.2) is 4.68 Å². The first-order valence-electron chi connectivity index (χ1n) is 9.90. The third-order valence-electron chi connectivity index (χ3n) is 5.24. The van der Waals surface area contributed by atoms with E-state index in [0.717, 1.165) is 48.3 Å². The van der Waals surface area contributed by atoms with Crippen LogP contribution in [0.4, 0.5) is 0 Å². The average Bonchev–Trinajstić information content (AvgIpc) is 3.43. The summed E-state index contributed by atoms with van der Waals surface area (Å²) < 4.78 is 16.6. The van der Waals surface area contributed by atoms with Gasteiger partial charge >= 0.3 is 0 Å². The Morgan fingerprint density at radius 2 is 1.78 bits per heavy atom. The number of rotatable bonds is 7. The molecule has 1 saturated carbocycles. The molecule has 0 saturated heterocycles. The predicted molar refractivity (Wildman–Crippen MR) is 107 cm³/mol. The summed E-state index contributed by atoms with van der Waals surface area (Å²) in [5, 5.41) is 4.70. The summed E-state index contributed by atoms with van der Waals surface area (Å²) in [6.45, 7) is 9.94. The van der Waals surface area contributed by atoms with Gasteiger partial charge in [0.1, 0.15) is 5.82 Å². The average molecular weight is 389 g/mol. The number of hydrogen-bond donors (Lipinski definition) is 0. The van der Waals surface area contributed by atoms with Gasteiger partial charge in [0.05, 0.1) is 19.9 Å². The van der Waals surface area contributed by atoms with Gasteiger partial charge in [0, 0.05) is 19.1 Å². The van der Waals surface area contributed by atoms with Gasteiger partial charge in [-0.2, -0.15) is 5.10 Å². The lowest BCUT2D eigenvalue weighted by Gasteiger charge is -2.29. The monoisotopic (exact) mass is 388 g/mol. The molecule has 0 unspecified atom stereocenters. The van der Waals surface area contributed by atoms with Crippen molar-refractivity contribution >= 4 is 12.2 Å². The van der Waals surface area contributed by atoms with Crippen LogP contribution in [-0.2, 0) is 19.6 Å². The zero-order valence-electron chi connectivity index (χ0n) is 16.4. The van der Waals surface area contributed by atoms with Crippen molar-refractivity contribution in [2.45, 2.75) is 59.3 Å². The molecule has 1 fully saturated rings. The molecule has 6 nitrogen and oxygen atoms in total. The van der Waals surface area contributed by atoms with E-state index in [2.05, 4.69) is 28.5 Å².